The van der Waals surface area contributed by atoms with Gasteiger partial charge in [0.15, 0.2) is 0 Å². The molecule has 1 N–H and O–H groups in total. The average Bonchev–Trinajstić information content (AvgIpc) is 2.28. The number of anilines is 1. The molecule has 0 saturated carbocycles. The lowest BCUT2D eigenvalue weighted by molar-refractivity contribution is -0.112. The summed E-state index contributed by atoms with van der Waals surface area (Å²) in [5.41, 5.74) is 2.16. The number of aromatic nitrogens is 1. The maximum absolute atomic E-state index is 11.4. The summed E-state index contributed by atoms with van der Waals surface area (Å²) in [6, 6.07) is 9.42. The van der Waals surface area contributed by atoms with E-state index in [0.29, 0.717) is 5.57 Å². The predicted molar refractivity (Wildman–Crippen MR) is 65.2 cm³/mol. The lowest BCUT2D eigenvalue weighted by atomic mass is 10.2. The van der Waals surface area contributed by atoms with Crippen molar-refractivity contribution in [1.82, 2.24) is 4.98 Å². The lowest BCUT2D eigenvalue weighted by Crippen LogP contribution is -2.11. The van der Waals surface area contributed by atoms with Gasteiger partial charge in [0.05, 0.1) is 5.52 Å². The van der Waals surface area contributed by atoms with Crippen molar-refractivity contribution in [3.05, 3.63) is 48.7 Å². The van der Waals surface area contributed by atoms with Crippen molar-refractivity contribution >= 4 is 22.5 Å². The van der Waals surface area contributed by atoms with E-state index in [1.165, 1.54) is 0 Å². The van der Waals surface area contributed by atoms with Gasteiger partial charge >= 0.3 is 0 Å². The van der Waals surface area contributed by atoms with Crippen molar-refractivity contribution in [2.24, 2.45) is 0 Å². The van der Waals surface area contributed by atoms with Crippen LogP contribution in [0.3, 0.4) is 0 Å². The third-order valence-electron chi connectivity index (χ3n) is 2.25. The van der Waals surface area contributed by atoms with Crippen LogP contribution in [0.5, 0.6) is 0 Å². The molecule has 0 spiro atoms. The number of carbonyl (C=O) groups is 1. The van der Waals surface area contributed by atoms with E-state index in [9.17, 15) is 4.79 Å². The molecule has 0 bridgehead atoms. The van der Waals surface area contributed by atoms with E-state index in [4.69, 9.17) is 0 Å². The van der Waals surface area contributed by atoms with Gasteiger partial charge in [0, 0.05) is 22.8 Å². The van der Waals surface area contributed by atoms with Crippen LogP contribution in [0.2, 0.25) is 0 Å². The fourth-order valence-corrected chi connectivity index (χ4v) is 1.39. The fourth-order valence-electron chi connectivity index (χ4n) is 1.39. The number of nitrogens with one attached hydrogen (secondary N) is 1. The first-order valence-corrected chi connectivity index (χ1v) is 4.98. The molecule has 0 aliphatic carbocycles. The number of rotatable bonds is 2. The molecule has 0 saturated heterocycles. The summed E-state index contributed by atoms with van der Waals surface area (Å²) < 4.78 is 0. The average molecular weight is 212 g/mol. The van der Waals surface area contributed by atoms with Crippen LogP contribution in [0.25, 0.3) is 10.9 Å². The molecular formula is C13H12N2O. The summed E-state index contributed by atoms with van der Waals surface area (Å²) in [5.74, 6) is -0.164. The van der Waals surface area contributed by atoms with Crippen LogP contribution in [0.15, 0.2) is 48.7 Å². The molecule has 0 atom stereocenters. The third-order valence-corrected chi connectivity index (χ3v) is 2.25. The number of hydrogen-bond acceptors (Lipinski definition) is 2. The number of carbonyl (C=O) groups excluding carboxylic acids is 1. The van der Waals surface area contributed by atoms with Crippen molar-refractivity contribution in [3.8, 4) is 0 Å². The minimum atomic E-state index is -0.164. The first-order valence-electron chi connectivity index (χ1n) is 4.98. The molecule has 0 fully saturated rings. The van der Waals surface area contributed by atoms with Crippen LogP contribution in [0, 0.1) is 0 Å². The highest BCUT2D eigenvalue weighted by Crippen LogP contribution is 2.17. The summed E-state index contributed by atoms with van der Waals surface area (Å²) >= 11 is 0. The minimum absolute atomic E-state index is 0.164. The fraction of sp³-hybridized carbons (Fsp3) is 0.0769. The molecule has 16 heavy (non-hydrogen) atoms. The Morgan fingerprint density at radius 2 is 2.19 bits per heavy atom. The number of nitrogens with zero attached hydrogens (tertiary/aromatic N) is 1. The first kappa shape index (κ1) is 10.4. The van der Waals surface area contributed by atoms with Crippen molar-refractivity contribution in [2.45, 2.75) is 6.92 Å². The van der Waals surface area contributed by atoms with Gasteiger partial charge in [0.25, 0.3) is 5.91 Å². The quantitative estimate of drug-likeness (QED) is 0.778. The second-order valence-electron chi connectivity index (χ2n) is 3.65. The largest absolute Gasteiger partial charge is 0.322 e. The SMILES string of the molecule is C=C(C)C(=O)Nc1ccc2ncccc2c1. The van der Waals surface area contributed by atoms with Crippen LogP contribution >= 0.6 is 0 Å². The maximum Gasteiger partial charge on any atom is 0.250 e. The van der Waals surface area contributed by atoms with Crippen molar-refractivity contribution in [3.63, 3.8) is 0 Å². The molecule has 0 aliphatic rings. The summed E-state index contributed by atoms with van der Waals surface area (Å²) in [7, 11) is 0. The van der Waals surface area contributed by atoms with Gasteiger partial charge in [-0.25, -0.2) is 0 Å². The van der Waals surface area contributed by atoms with Gasteiger partial charge in [-0.1, -0.05) is 12.6 Å². The minimum Gasteiger partial charge on any atom is -0.322 e. The molecule has 2 aromatic rings. The summed E-state index contributed by atoms with van der Waals surface area (Å²) in [6.07, 6.45) is 1.74. The molecule has 1 aromatic carbocycles. The Morgan fingerprint density at radius 1 is 1.38 bits per heavy atom. The molecule has 3 nitrogen and oxygen atoms in total. The van der Waals surface area contributed by atoms with Crippen LogP contribution in [0.4, 0.5) is 5.69 Å². The van der Waals surface area contributed by atoms with E-state index in [-0.39, 0.29) is 5.91 Å². The second-order valence-corrected chi connectivity index (χ2v) is 3.65. The third kappa shape index (κ3) is 2.08. The zero-order valence-electron chi connectivity index (χ0n) is 9.03. The topological polar surface area (TPSA) is 42.0 Å². The van der Waals surface area contributed by atoms with E-state index < -0.39 is 0 Å². The highest BCUT2D eigenvalue weighted by molar-refractivity contribution is 6.03. The number of pyridine rings is 1. The predicted octanol–water partition coefficient (Wildman–Crippen LogP) is 2.75. The number of benzene rings is 1. The molecular weight excluding hydrogens is 200 g/mol. The van der Waals surface area contributed by atoms with Crippen LogP contribution < -0.4 is 5.32 Å². The van der Waals surface area contributed by atoms with Crippen molar-refractivity contribution in [1.29, 1.82) is 0 Å². The van der Waals surface area contributed by atoms with Crippen LogP contribution in [0.1, 0.15) is 6.92 Å². The molecule has 1 heterocycles. The number of amides is 1. The molecule has 0 unspecified atom stereocenters. The van der Waals surface area contributed by atoms with Gasteiger partial charge in [-0.3, -0.25) is 9.78 Å². The Bertz CT molecular complexity index is 561. The van der Waals surface area contributed by atoms with Crippen LogP contribution in [-0.2, 0) is 4.79 Å². The number of hydrogen-bond donors (Lipinski definition) is 1. The van der Waals surface area contributed by atoms with Gasteiger partial charge < -0.3 is 5.32 Å². The highest BCUT2D eigenvalue weighted by atomic mass is 16.1. The Balaban J connectivity index is 2.33. The van der Waals surface area contributed by atoms with Gasteiger partial charge in [0.1, 0.15) is 0 Å². The molecule has 0 aliphatic heterocycles. The molecule has 3 heteroatoms. The van der Waals surface area contributed by atoms with Crippen molar-refractivity contribution in [2.75, 3.05) is 5.32 Å². The van der Waals surface area contributed by atoms with E-state index >= 15 is 0 Å². The van der Waals surface area contributed by atoms with E-state index in [0.717, 1.165) is 16.6 Å². The molecule has 1 aromatic heterocycles. The van der Waals surface area contributed by atoms with Gasteiger partial charge in [-0.05, 0) is 31.2 Å². The normalized spacial score (nSPS) is 10.1. The standard InChI is InChI=1S/C13H12N2O/c1-9(2)13(16)15-11-5-6-12-10(8-11)4-3-7-14-12/h3-8H,1H2,2H3,(H,15,16). The molecule has 2 rings (SSSR count). The van der Waals surface area contributed by atoms with E-state index in [2.05, 4.69) is 16.9 Å². The lowest BCUT2D eigenvalue weighted by Gasteiger charge is -2.05. The molecule has 0 radical (unpaired) electrons. The van der Waals surface area contributed by atoms with Gasteiger partial charge in [0.2, 0.25) is 0 Å². The molecule has 80 valence electrons. The van der Waals surface area contributed by atoms with Gasteiger partial charge in [-0.2, -0.15) is 0 Å². The Kier molecular flexibility index (Phi) is 2.68. The van der Waals surface area contributed by atoms with E-state index in [1.54, 1.807) is 13.1 Å². The van der Waals surface area contributed by atoms with Crippen molar-refractivity contribution < 1.29 is 4.79 Å². The summed E-state index contributed by atoms with van der Waals surface area (Å²) in [5, 5.41) is 3.77. The Morgan fingerprint density at radius 3 is 2.94 bits per heavy atom. The molecule has 1 amide bonds. The van der Waals surface area contributed by atoms with E-state index in [1.807, 2.05) is 30.3 Å². The van der Waals surface area contributed by atoms with Crippen LogP contribution in [-0.4, -0.2) is 10.9 Å². The summed E-state index contributed by atoms with van der Waals surface area (Å²) in [4.78, 5) is 15.6. The van der Waals surface area contributed by atoms with Gasteiger partial charge in [-0.15, -0.1) is 0 Å². The Labute approximate surface area is 93.8 Å². The number of fused-ring (bicyclic) bond motifs is 1. The summed E-state index contributed by atoms with van der Waals surface area (Å²) in [6.45, 7) is 5.27. The maximum atomic E-state index is 11.4. The Hall–Kier alpha value is -2.16. The second kappa shape index (κ2) is 4.14. The highest BCUT2D eigenvalue weighted by Gasteiger charge is 2.03. The zero-order valence-corrected chi connectivity index (χ0v) is 9.03. The smallest absolute Gasteiger partial charge is 0.250 e. The monoisotopic (exact) mass is 212 g/mol. The zero-order chi connectivity index (χ0) is 11.5. The first-order chi connectivity index (χ1) is 7.66.